The van der Waals surface area contributed by atoms with Crippen LogP contribution in [-0.4, -0.2) is 67.0 Å². The highest BCUT2D eigenvalue weighted by Gasteiger charge is 2.38. The summed E-state index contributed by atoms with van der Waals surface area (Å²) in [7, 11) is 1.82. The molecule has 2 fully saturated rings. The van der Waals surface area contributed by atoms with Crippen molar-refractivity contribution in [2.24, 2.45) is 7.05 Å². The monoisotopic (exact) mass is 560 g/mol. The third kappa shape index (κ3) is 6.32. The van der Waals surface area contributed by atoms with Crippen molar-refractivity contribution >= 4 is 17.7 Å². The number of carbonyl (C=O) groups is 1. The molecule has 0 bridgehead atoms. The maximum Gasteiger partial charge on any atom is 0.423 e. The number of alkyl halides is 3. The minimum absolute atomic E-state index is 0.0184. The molecule has 0 atom stereocenters. The van der Waals surface area contributed by atoms with E-state index in [2.05, 4.69) is 30.4 Å². The number of amides is 1. The lowest BCUT2D eigenvalue weighted by atomic mass is 9.90. The molecular formula is C26H31F3N8O3. The zero-order valence-corrected chi connectivity index (χ0v) is 22.3. The highest BCUT2D eigenvalue weighted by molar-refractivity contribution is 5.93. The maximum absolute atomic E-state index is 13.4. The smallest absolute Gasteiger partial charge is 0.423 e. The Kier molecular flexibility index (Phi) is 8.14. The van der Waals surface area contributed by atoms with Gasteiger partial charge < -0.3 is 14.8 Å². The van der Waals surface area contributed by atoms with Crippen molar-refractivity contribution in [1.29, 1.82) is 0 Å². The average molecular weight is 561 g/mol. The molecular weight excluding hydrogens is 529 g/mol. The van der Waals surface area contributed by atoms with Gasteiger partial charge in [0.15, 0.2) is 5.82 Å². The van der Waals surface area contributed by atoms with E-state index in [9.17, 15) is 18.0 Å². The van der Waals surface area contributed by atoms with Crippen LogP contribution in [0.3, 0.4) is 0 Å². The number of aryl methyl sites for hydroxylation is 1. The van der Waals surface area contributed by atoms with Gasteiger partial charge in [-0.1, -0.05) is 6.92 Å². The van der Waals surface area contributed by atoms with E-state index in [1.165, 1.54) is 0 Å². The third-order valence-corrected chi connectivity index (χ3v) is 6.96. The normalized spacial score (nSPS) is 19.6. The summed E-state index contributed by atoms with van der Waals surface area (Å²) in [5, 5.41) is 7.31. The minimum Gasteiger partial charge on any atom is -0.469 e. The molecule has 3 aromatic rings. The lowest BCUT2D eigenvalue weighted by molar-refractivity contribution is -0.142. The molecule has 2 aliphatic rings. The van der Waals surface area contributed by atoms with Crippen molar-refractivity contribution in [2.75, 3.05) is 23.4 Å². The topological polar surface area (TPSA) is 120 Å². The van der Waals surface area contributed by atoms with Crippen LogP contribution in [0.25, 0.3) is 11.3 Å². The molecule has 1 aliphatic carbocycles. The van der Waals surface area contributed by atoms with Crippen LogP contribution in [-0.2, 0) is 22.8 Å². The standard InChI is InChI=1S/C26H31F3N8O3/c1-3-4-23(38)37(22-12-30-21(11-31-22)16-9-33-36(2)13-16)18-7-5-17(6-8-18)34-25-32-10-20(26(27,28)29)24(35-25)40-19-14-39-15-19/h9-13,17-19H,3-8,14-15H2,1-2H3,(H,32,34,35)/t17-,18-. The zero-order valence-electron chi connectivity index (χ0n) is 22.3. The van der Waals surface area contributed by atoms with E-state index < -0.39 is 23.7 Å². The minimum atomic E-state index is -4.63. The molecule has 214 valence electrons. The van der Waals surface area contributed by atoms with Crippen LogP contribution in [0, 0.1) is 0 Å². The van der Waals surface area contributed by atoms with Gasteiger partial charge in [0.25, 0.3) is 0 Å². The molecule has 14 heteroatoms. The van der Waals surface area contributed by atoms with Gasteiger partial charge in [-0.15, -0.1) is 0 Å². The first kappa shape index (κ1) is 27.7. The van der Waals surface area contributed by atoms with Gasteiger partial charge in [0.2, 0.25) is 17.7 Å². The quantitative estimate of drug-likeness (QED) is 0.414. The number of halogens is 3. The van der Waals surface area contributed by atoms with Crippen LogP contribution in [0.1, 0.15) is 51.0 Å². The fourth-order valence-corrected chi connectivity index (χ4v) is 4.82. The van der Waals surface area contributed by atoms with E-state index in [-0.39, 0.29) is 37.2 Å². The highest BCUT2D eigenvalue weighted by Crippen LogP contribution is 2.36. The van der Waals surface area contributed by atoms with Crippen LogP contribution < -0.4 is 15.0 Å². The van der Waals surface area contributed by atoms with E-state index in [0.717, 1.165) is 11.8 Å². The van der Waals surface area contributed by atoms with Crippen LogP contribution in [0.15, 0.2) is 31.0 Å². The largest absolute Gasteiger partial charge is 0.469 e. The Labute approximate surface area is 229 Å². The van der Waals surface area contributed by atoms with Crippen molar-refractivity contribution in [3.05, 3.63) is 36.5 Å². The number of ether oxygens (including phenoxy) is 2. The van der Waals surface area contributed by atoms with Gasteiger partial charge in [0, 0.05) is 43.5 Å². The Morgan fingerprint density at radius 3 is 2.48 bits per heavy atom. The molecule has 3 aromatic heterocycles. The van der Waals surface area contributed by atoms with E-state index in [4.69, 9.17) is 9.47 Å². The molecule has 0 radical (unpaired) electrons. The molecule has 4 heterocycles. The number of nitrogens with zero attached hydrogens (tertiary/aromatic N) is 7. The number of rotatable bonds is 9. The van der Waals surface area contributed by atoms with E-state index in [1.54, 1.807) is 28.2 Å². The molecule has 1 saturated heterocycles. The number of hydrogen-bond donors (Lipinski definition) is 1. The summed E-state index contributed by atoms with van der Waals surface area (Å²) in [5.74, 6) is 0.0459. The number of hydrogen-bond acceptors (Lipinski definition) is 9. The second kappa shape index (κ2) is 11.7. The summed E-state index contributed by atoms with van der Waals surface area (Å²) in [6.07, 6.45) is 6.21. The van der Waals surface area contributed by atoms with E-state index in [0.29, 0.717) is 50.0 Å². The van der Waals surface area contributed by atoms with Gasteiger partial charge in [-0.3, -0.25) is 19.4 Å². The van der Waals surface area contributed by atoms with Gasteiger partial charge >= 0.3 is 6.18 Å². The first-order chi connectivity index (χ1) is 19.2. The van der Waals surface area contributed by atoms with Gasteiger partial charge in [-0.2, -0.15) is 23.3 Å². The molecule has 40 heavy (non-hydrogen) atoms. The summed E-state index contributed by atoms with van der Waals surface area (Å²) in [5.41, 5.74) is 0.478. The molecule has 0 aromatic carbocycles. The first-order valence-electron chi connectivity index (χ1n) is 13.3. The van der Waals surface area contributed by atoms with Gasteiger partial charge in [0.1, 0.15) is 11.7 Å². The van der Waals surface area contributed by atoms with Crippen molar-refractivity contribution < 1.29 is 27.4 Å². The Bertz CT molecular complexity index is 1310. The zero-order chi connectivity index (χ0) is 28.3. The molecule has 1 aliphatic heterocycles. The van der Waals surface area contributed by atoms with Gasteiger partial charge in [-0.05, 0) is 32.1 Å². The SMILES string of the molecule is CCCC(=O)N(c1cnc(-c2cnn(C)c2)cn1)[C@H]1CC[C@H](Nc2ncc(C(F)(F)F)c(OC3COC3)n2)CC1. The molecule has 1 saturated carbocycles. The molecule has 0 spiro atoms. The summed E-state index contributed by atoms with van der Waals surface area (Å²) >= 11 is 0. The second-order valence-corrected chi connectivity index (χ2v) is 10.0. The fraction of sp³-hybridized carbons (Fsp3) is 0.538. The molecule has 1 N–H and O–H groups in total. The Hall–Kier alpha value is -3.81. The number of anilines is 2. The van der Waals surface area contributed by atoms with E-state index in [1.807, 2.05) is 20.2 Å². The Balaban J connectivity index is 1.26. The fourth-order valence-electron chi connectivity index (χ4n) is 4.82. The Morgan fingerprint density at radius 1 is 1.12 bits per heavy atom. The number of nitrogens with one attached hydrogen (secondary N) is 1. The summed E-state index contributed by atoms with van der Waals surface area (Å²) in [6.45, 7) is 2.39. The van der Waals surface area contributed by atoms with E-state index >= 15 is 0 Å². The average Bonchev–Trinajstić information content (AvgIpc) is 3.34. The van der Waals surface area contributed by atoms with Crippen LogP contribution in [0.4, 0.5) is 24.9 Å². The Morgan fingerprint density at radius 2 is 1.90 bits per heavy atom. The summed E-state index contributed by atoms with van der Waals surface area (Å²) in [6, 6.07) is -0.156. The van der Waals surface area contributed by atoms with Gasteiger partial charge in [0.05, 0.1) is 37.5 Å². The van der Waals surface area contributed by atoms with Crippen molar-refractivity contribution in [3.63, 3.8) is 0 Å². The second-order valence-electron chi connectivity index (χ2n) is 10.0. The van der Waals surface area contributed by atoms with Gasteiger partial charge in [-0.25, -0.2) is 9.97 Å². The summed E-state index contributed by atoms with van der Waals surface area (Å²) < 4.78 is 52.4. The molecule has 0 unspecified atom stereocenters. The maximum atomic E-state index is 13.4. The first-order valence-corrected chi connectivity index (χ1v) is 13.3. The molecule has 1 amide bonds. The van der Waals surface area contributed by atoms with Crippen molar-refractivity contribution in [3.8, 4) is 17.1 Å². The highest BCUT2D eigenvalue weighted by atomic mass is 19.4. The van der Waals surface area contributed by atoms with Crippen LogP contribution >= 0.6 is 0 Å². The predicted octanol–water partition coefficient (Wildman–Crippen LogP) is 4.02. The van der Waals surface area contributed by atoms with Crippen molar-refractivity contribution in [2.45, 2.75) is 69.8 Å². The number of aromatic nitrogens is 6. The van der Waals surface area contributed by atoms with Crippen molar-refractivity contribution in [1.82, 2.24) is 29.7 Å². The lowest BCUT2D eigenvalue weighted by Crippen LogP contribution is -2.44. The lowest BCUT2D eigenvalue weighted by Gasteiger charge is -2.36. The molecule has 11 nitrogen and oxygen atoms in total. The number of carbonyl (C=O) groups excluding carboxylic acids is 1. The third-order valence-electron chi connectivity index (χ3n) is 6.96. The summed E-state index contributed by atoms with van der Waals surface area (Å²) in [4.78, 5) is 31.9. The van der Waals surface area contributed by atoms with Crippen LogP contribution in [0.2, 0.25) is 0 Å². The van der Waals surface area contributed by atoms with Crippen LogP contribution in [0.5, 0.6) is 5.88 Å². The predicted molar refractivity (Wildman–Crippen MR) is 139 cm³/mol. The molecule has 5 rings (SSSR count).